The van der Waals surface area contributed by atoms with Crippen LogP contribution in [0.25, 0.3) is 10.9 Å². The van der Waals surface area contributed by atoms with Crippen molar-refractivity contribution < 1.29 is 14.4 Å². The molecule has 7 rings (SSSR count). The van der Waals surface area contributed by atoms with Gasteiger partial charge in [-0.25, -0.2) is 0 Å². The van der Waals surface area contributed by atoms with Crippen LogP contribution in [0.1, 0.15) is 18.4 Å². The van der Waals surface area contributed by atoms with Crippen molar-refractivity contribution in [2.45, 2.75) is 25.3 Å². The van der Waals surface area contributed by atoms with Gasteiger partial charge in [0.2, 0.25) is 17.7 Å². The predicted octanol–water partition coefficient (Wildman–Crippen LogP) is 3.98. The standard InChI is InChI=1S/C28H25N3O3/c32-26(30-21-12-13-22-20(16-21)7-4-14-29-22)23(15-17-5-2-1-3-6-17)31-27(33)24-18-8-9-19(11-10-18)25(24)28(31)34/h1-9,12-14,16,18-19,23-25H,10-11,15H2,(H,30,32)/t18-,19-,23+,24-,25+/m0/s1. The second-order valence-corrected chi connectivity index (χ2v) is 9.49. The van der Waals surface area contributed by atoms with Crippen molar-refractivity contribution in [3.05, 3.63) is 84.6 Å². The highest BCUT2D eigenvalue weighted by molar-refractivity contribution is 6.10. The van der Waals surface area contributed by atoms with Crippen LogP contribution < -0.4 is 5.32 Å². The number of fused-ring (bicyclic) bond motifs is 2. The van der Waals surface area contributed by atoms with E-state index >= 15 is 0 Å². The summed E-state index contributed by atoms with van der Waals surface area (Å²) in [6.07, 6.45) is 8.05. The van der Waals surface area contributed by atoms with Gasteiger partial charge in [-0.1, -0.05) is 48.6 Å². The van der Waals surface area contributed by atoms with Crippen molar-refractivity contribution in [2.24, 2.45) is 23.7 Å². The average Bonchev–Trinajstić information content (AvgIpc) is 3.16. The molecule has 6 nitrogen and oxygen atoms in total. The van der Waals surface area contributed by atoms with Crippen LogP contribution in [0.3, 0.4) is 0 Å². The lowest BCUT2D eigenvalue weighted by atomic mass is 9.63. The lowest BCUT2D eigenvalue weighted by Gasteiger charge is -2.38. The van der Waals surface area contributed by atoms with E-state index in [-0.39, 0.29) is 47.8 Å². The number of imide groups is 1. The summed E-state index contributed by atoms with van der Waals surface area (Å²) in [5.41, 5.74) is 2.35. The molecular weight excluding hydrogens is 426 g/mol. The first-order chi connectivity index (χ1) is 16.6. The second-order valence-electron chi connectivity index (χ2n) is 9.49. The molecule has 2 bridgehead atoms. The molecule has 3 aromatic rings. The van der Waals surface area contributed by atoms with Crippen molar-refractivity contribution in [1.29, 1.82) is 0 Å². The number of benzene rings is 2. The number of aromatic nitrogens is 1. The Morgan fingerprint density at radius 2 is 1.65 bits per heavy atom. The summed E-state index contributed by atoms with van der Waals surface area (Å²) in [5, 5.41) is 3.87. The molecule has 0 radical (unpaired) electrons. The number of nitrogens with one attached hydrogen (secondary N) is 1. The topological polar surface area (TPSA) is 79.4 Å². The molecule has 6 heteroatoms. The van der Waals surface area contributed by atoms with Crippen LogP contribution in [0, 0.1) is 23.7 Å². The molecule has 3 amide bonds. The van der Waals surface area contributed by atoms with Crippen molar-refractivity contribution in [3.8, 4) is 0 Å². The predicted molar refractivity (Wildman–Crippen MR) is 128 cm³/mol. The number of hydrogen-bond donors (Lipinski definition) is 1. The van der Waals surface area contributed by atoms with Crippen molar-refractivity contribution in [1.82, 2.24) is 9.88 Å². The van der Waals surface area contributed by atoms with Crippen molar-refractivity contribution in [2.75, 3.05) is 5.32 Å². The summed E-state index contributed by atoms with van der Waals surface area (Å²) >= 11 is 0. The van der Waals surface area contributed by atoms with Crippen LogP contribution in [0.15, 0.2) is 79.0 Å². The third-order valence-corrected chi connectivity index (χ3v) is 7.55. The number of amides is 3. The van der Waals surface area contributed by atoms with E-state index < -0.39 is 6.04 Å². The minimum atomic E-state index is -0.906. The van der Waals surface area contributed by atoms with Gasteiger partial charge in [0.1, 0.15) is 6.04 Å². The first-order valence-corrected chi connectivity index (χ1v) is 11.8. The molecule has 1 saturated heterocycles. The Morgan fingerprint density at radius 1 is 0.941 bits per heavy atom. The van der Waals surface area contributed by atoms with Gasteiger partial charge in [-0.3, -0.25) is 24.3 Å². The zero-order valence-electron chi connectivity index (χ0n) is 18.6. The molecule has 1 aliphatic heterocycles. The number of anilines is 1. The Hall–Kier alpha value is -3.80. The Labute approximate surface area is 197 Å². The fourth-order valence-electron chi connectivity index (χ4n) is 5.92. The van der Waals surface area contributed by atoms with E-state index in [9.17, 15) is 14.4 Å². The van der Waals surface area contributed by atoms with Gasteiger partial charge in [-0.05, 0) is 54.5 Å². The van der Waals surface area contributed by atoms with Crippen LogP contribution in [0.4, 0.5) is 5.69 Å². The third kappa shape index (κ3) is 3.41. The molecule has 4 aliphatic rings. The molecule has 0 unspecified atom stereocenters. The summed E-state index contributed by atoms with van der Waals surface area (Å²) < 4.78 is 0. The molecule has 1 N–H and O–H groups in total. The monoisotopic (exact) mass is 451 g/mol. The van der Waals surface area contributed by atoms with Gasteiger partial charge < -0.3 is 5.32 Å². The maximum absolute atomic E-state index is 13.6. The average molecular weight is 452 g/mol. The molecule has 5 atom stereocenters. The van der Waals surface area contributed by atoms with Gasteiger partial charge in [0.05, 0.1) is 17.4 Å². The molecule has 170 valence electrons. The minimum Gasteiger partial charge on any atom is -0.324 e. The van der Waals surface area contributed by atoms with Gasteiger partial charge in [0.25, 0.3) is 0 Å². The summed E-state index contributed by atoms with van der Waals surface area (Å²) in [6, 6.07) is 17.9. The van der Waals surface area contributed by atoms with Crippen LogP contribution >= 0.6 is 0 Å². The molecule has 34 heavy (non-hydrogen) atoms. The smallest absolute Gasteiger partial charge is 0.248 e. The van der Waals surface area contributed by atoms with E-state index in [1.54, 1.807) is 12.3 Å². The van der Waals surface area contributed by atoms with Crippen LogP contribution in [0.2, 0.25) is 0 Å². The summed E-state index contributed by atoms with van der Waals surface area (Å²) in [5.74, 6) is -1.26. The zero-order chi connectivity index (χ0) is 23.2. The fraction of sp³-hybridized carbons (Fsp3) is 0.286. The van der Waals surface area contributed by atoms with Gasteiger partial charge in [0.15, 0.2) is 0 Å². The van der Waals surface area contributed by atoms with E-state index in [2.05, 4.69) is 22.5 Å². The van der Waals surface area contributed by atoms with Crippen LogP contribution in [-0.2, 0) is 20.8 Å². The summed E-state index contributed by atoms with van der Waals surface area (Å²) in [7, 11) is 0. The van der Waals surface area contributed by atoms with Crippen molar-refractivity contribution in [3.63, 3.8) is 0 Å². The molecule has 3 aliphatic carbocycles. The van der Waals surface area contributed by atoms with Gasteiger partial charge in [-0.15, -0.1) is 0 Å². The molecule has 2 heterocycles. The Balaban J connectivity index is 1.33. The van der Waals surface area contributed by atoms with Crippen LogP contribution in [-0.4, -0.2) is 33.6 Å². The number of rotatable bonds is 5. The van der Waals surface area contributed by atoms with Crippen molar-refractivity contribution >= 4 is 34.3 Å². The number of pyridine rings is 1. The van der Waals surface area contributed by atoms with E-state index in [0.717, 1.165) is 29.3 Å². The highest BCUT2D eigenvalue weighted by Crippen LogP contribution is 2.50. The Morgan fingerprint density at radius 3 is 2.32 bits per heavy atom. The SMILES string of the molecule is O=C(Nc1ccc2ncccc2c1)[C@@H](Cc1ccccc1)N1C(=O)[C@@H]2[C@H](C1=O)[C@H]1C=C[C@H]2CC1. The molecule has 0 spiro atoms. The fourth-order valence-corrected chi connectivity index (χ4v) is 5.92. The molecule has 2 fully saturated rings. The van der Waals surface area contributed by atoms with E-state index in [1.165, 1.54) is 4.90 Å². The third-order valence-electron chi connectivity index (χ3n) is 7.55. The van der Waals surface area contributed by atoms with Gasteiger partial charge in [0, 0.05) is 23.7 Å². The Bertz CT molecular complexity index is 1290. The normalized spacial score (nSPS) is 26.1. The van der Waals surface area contributed by atoms with Crippen LogP contribution in [0.5, 0.6) is 0 Å². The first-order valence-electron chi connectivity index (χ1n) is 11.8. The number of nitrogens with zero attached hydrogens (tertiary/aromatic N) is 2. The Kier molecular flexibility index (Phi) is 5.01. The highest BCUT2D eigenvalue weighted by Gasteiger charge is 2.58. The maximum Gasteiger partial charge on any atom is 0.248 e. The van der Waals surface area contributed by atoms with Gasteiger partial charge >= 0.3 is 0 Å². The molecule has 1 aromatic heterocycles. The summed E-state index contributed by atoms with van der Waals surface area (Å²) in [6.45, 7) is 0. The number of carbonyl (C=O) groups is 3. The first kappa shape index (κ1) is 20.8. The minimum absolute atomic E-state index is 0.0878. The van der Waals surface area contributed by atoms with E-state index in [0.29, 0.717) is 5.69 Å². The maximum atomic E-state index is 13.6. The zero-order valence-corrected chi connectivity index (χ0v) is 18.6. The quantitative estimate of drug-likeness (QED) is 0.470. The van der Waals surface area contributed by atoms with E-state index in [4.69, 9.17) is 0 Å². The molecule has 1 saturated carbocycles. The highest BCUT2D eigenvalue weighted by atomic mass is 16.2. The largest absolute Gasteiger partial charge is 0.324 e. The van der Waals surface area contributed by atoms with E-state index in [1.807, 2.05) is 54.6 Å². The second kappa shape index (κ2) is 8.20. The summed E-state index contributed by atoms with van der Waals surface area (Å²) in [4.78, 5) is 46.4. The number of allylic oxidation sites excluding steroid dienone is 2. The molecule has 2 aromatic carbocycles. The lowest BCUT2D eigenvalue weighted by Crippen LogP contribution is -2.49. The number of carbonyl (C=O) groups excluding carboxylic acids is 3. The number of hydrogen-bond acceptors (Lipinski definition) is 4. The lowest BCUT2D eigenvalue weighted by molar-refractivity contribution is -0.146. The van der Waals surface area contributed by atoms with Gasteiger partial charge in [-0.2, -0.15) is 0 Å². The molecular formula is C28H25N3O3. The number of likely N-dealkylation sites (tertiary alicyclic amines) is 1.